The number of aliphatic hydroxyl groups excluding tert-OH is 1. The molecule has 0 fully saturated rings. The van der Waals surface area contributed by atoms with Gasteiger partial charge >= 0.3 is 0 Å². The van der Waals surface area contributed by atoms with Crippen molar-refractivity contribution >= 4 is 28.8 Å². The van der Waals surface area contributed by atoms with Gasteiger partial charge in [0.2, 0.25) is 0 Å². The summed E-state index contributed by atoms with van der Waals surface area (Å²) in [6, 6.07) is 10.8. The van der Waals surface area contributed by atoms with Crippen molar-refractivity contribution < 1.29 is 24.1 Å². The van der Waals surface area contributed by atoms with Gasteiger partial charge in [0, 0.05) is 32.8 Å². The molecular formula is C27H31N7O5. The summed E-state index contributed by atoms with van der Waals surface area (Å²) < 4.78 is 18.0. The zero-order chi connectivity index (χ0) is 27.8. The molecule has 0 bridgehead atoms. The average molecular weight is 534 g/mol. The van der Waals surface area contributed by atoms with Crippen molar-refractivity contribution in [3.05, 3.63) is 60.7 Å². The van der Waals surface area contributed by atoms with E-state index < -0.39 is 6.10 Å². The number of Topliss-reactive ketones (excluding diaryl/α,β-unsaturated/α-hetero) is 1. The molecule has 3 heterocycles. The molecule has 1 unspecified atom stereocenters. The van der Waals surface area contributed by atoms with E-state index in [1.54, 1.807) is 50.3 Å². The number of rotatable bonds is 13. The van der Waals surface area contributed by atoms with Crippen molar-refractivity contribution in [2.45, 2.75) is 19.4 Å². The quantitative estimate of drug-likeness (QED) is 0.216. The van der Waals surface area contributed by atoms with Gasteiger partial charge in [-0.25, -0.2) is 15.0 Å². The molecule has 0 aliphatic rings. The number of aliphatic hydroxyl groups is 1. The van der Waals surface area contributed by atoms with Crippen LogP contribution in [0.15, 0.2) is 55.1 Å². The number of methoxy groups -OCH3 is 2. The monoisotopic (exact) mass is 533 g/mol. The van der Waals surface area contributed by atoms with E-state index in [1.807, 2.05) is 18.2 Å². The number of carbonyl (C=O) groups is 1. The Bertz CT molecular complexity index is 1410. The fourth-order valence-corrected chi connectivity index (χ4v) is 3.84. The maximum absolute atomic E-state index is 12.7. The van der Waals surface area contributed by atoms with Gasteiger partial charge in [-0.05, 0) is 24.3 Å². The molecule has 0 aliphatic heterocycles. The predicted octanol–water partition coefficient (Wildman–Crippen LogP) is 3.75. The topological polar surface area (TPSA) is 146 Å². The molecule has 0 aliphatic carbocycles. The minimum absolute atomic E-state index is 0.0628. The Kier molecular flexibility index (Phi) is 9.02. The van der Waals surface area contributed by atoms with Crippen LogP contribution in [0.25, 0.3) is 11.4 Å². The summed E-state index contributed by atoms with van der Waals surface area (Å²) in [5.41, 5.74) is 2.34. The molecule has 12 heteroatoms. The van der Waals surface area contributed by atoms with Crippen LogP contribution >= 0.6 is 0 Å². The Balaban J connectivity index is 1.60. The van der Waals surface area contributed by atoms with Crippen molar-refractivity contribution in [1.82, 2.24) is 24.7 Å². The second kappa shape index (κ2) is 12.8. The van der Waals surface area contributed by atoms with Crippen molar-refractivity contribution in [3.8, 4) is 22.9 Å². The number of pyridine rings is 2. The highest BCUT2D eigenvalue weighted by Crippen LogP contribution is 2.37. The normalized spacial score (nSPS) is 11.6. The van der Waals surface area contributed by atoms with Gasteiger partial charge in [0.05, 0.1) is 49.0 Å². The van der Waals surface area contributed by atoms with Crippen LogP contribution in [0.3, 0.4) is 0 Å². The minimum Gasteiger partial charge on any atom is -0.494 e. The van der Waals surface area contributed by atoms with Crippen LogP contribution in [0.5, 0.6) is 11.5 Å². The number of aryl methyl sites for hydroxylation is 1. The number of ketones is 1. The molecule has 1 atom stereocenters. The number of hydrogen-bond donors (Lipinski definition) is 3. The largest absolute Gasteiger partial charge is 0.494 e. The number of hydrogen-bond acceptors (Lipinski definition) is 11. The lowest BCUT2D eigenvalue weighted by atomic mass is 10.1. The van der Waals surface area contributed by atoms with Gasteiger partial charge in [-0.15, -0.1) is 0 Å². The molecular weight excluding hydrogens is 502 g/mol. The molecule has 12 nitrogen and oxygen atoms in total. The Labute approximate surface area is 226 Å². The van der Waals surface area contributed by atoms with E-state index in [0.29, 0.717) is 57.9 Å². The number of ether oxygens (including phenoxy) is 3. The van der Waals surface area contributed by atoms with Crippen LogP contribution < -0.4 is 20.1 Å². The van der Waals surface area contributed by atoms with Gasteiger partial charge in [-0.2, -0.15) is 5.10 Å². The highest BCUT2D eigenvalue weighted by atomic mass is 16.5. The molecule has 4 aromatic rings. The van der Waals surface area contributed by atoms with E-state index in [1.165, 1.54) is 19.5 Å². The van der Waals surface area contributed by atoms with E-state index in [-0.39, 0.29) is 19.0 Å². The van der Waals surface area contributed by atoms with E-state index in [4.69, 9.17) is 14.2 Å². The first-order chi connectivity index (χ1) is 18.9. The second-order valence-electron chi connectivity index (χ2n) is 8.53. The van der Waals surface area contributed by atoms with Gasteiger partial charge < -0.3 is 30.0 Å². The Hall–Kier alpha value is -4.55. The van der Waals surface area contributed by atoms with Crippen LogP contribution in [0, 0.1) is 0 Å². The van der Waals surface area contributed by atoms with Crippen LogP contribution in [0.2, 0.25) is 0 Å². The fraction of sp³-hybridized carbons (Fsp3) is 0.296. The summed E-state index contributed by atoms with van der Waals surface area (Å²) in [5, 5.41) is 20.3. The number of carbonyl (C=O) groups excluding carboxylic acids is 1. The van der Waals surface area contributed by atoms with E-state index in [0.717, 1.165) is 0 Å². The molecule has 3 N–H and O–H groups in total. The summed E-state index contributed by atoms with van der Waals surface area (Å²) in [6.07, 6.45) is 4.51. The first kappa shape index (κ1) is 27.5. The Morgan fingerprint density at radius 3 is 2.51 bits per heavy atom. The van der Waals surface area contributed by atoms with Crippen molar-refractivity contribution in [2.24, 2.45) is 7.05 Å². The molecule has 4 rings (SSSR count). The lowest BCUT2D eigenvalue weighted by Gasteiger charge is -2.17. The number of anilines is 4. The summed E-state index contributed by atoms with van der Waals surface area (Å²) in [7, 11) is 4.90. The van der Waals surface area contributed by atoms with Gasteiger partial charge in [0.25, 0.3) is 0 Å². The summed E-state index contributed by atoms with van der Waals surface area (Å²) in [5.74, 6) is 2.48. The predicted molar refractivity (Wildman–Crippen MR) is 146 cm³/mol. The molecule has 0 amide bonds. The van der Waals surface area contributed by atoms with Gasteiger partial charge in [-0.1, -0.05) is 13.0 Å². The fourth-order valence-electron chi connectivity index (χ4n) is 3.84. The molecule has 39 heavy (non-hydrogen) atoms. The zero-order valence-electron chi connectivity index (χ0n) is 22.2. The standard InChI is InChI=1S/C27H31N7O5/c1-5-23(36)20-13-29-25(32-24-10-9-17(12-28-24)39-18(14-35)15-37-3)11-22(20)31-21-8-6-7-19(26(21)38-4)27-30-16-34(2)33-27/h6-13,16,18,35H,5,14-15H2,1-4H3,(H2,28,29,31,32). The Morgan fingerprint density at radius 2 is 1.87 bits per heavy atom. The Morgan fingerprint density at radius 1 is 1.05 bits per heavy atom. The van der Waals surface area contributed by atoms with E-state index in [9.17, 15) is 9.90 Å². The van der Waals surface area contributed by atoms with Crippen molar-refractivity contribution in [3.63, 3.8) is 0 Å². The second-order valence-corrected chi connectivity index (χ2v) is 8.53. The van der Waals surface area contributed by atoms with Crippen LogP contribution in [-0.4, -0.2) is 69.2 Å². The number of nitrogens with zero attached hydrogens (tertiary/aromatic N) is 5. The first-order valence-electron chi connectivity index (χ1n) is 12.3. The minimum atomic E-state index is -0.487. The van der Waals surface area contributed by atoms with Crippen molar-refractivity contribution in [1.29, 1.82) is 0 Å². The average Bonchev–Trinajstić information content (AvgIpc) is 3.39. The van der Waals surface area contributed by atoms with Crippen LogP contribution in [0.4, 0.5) is 23.0 Å². The number of para-hydroxylation sites is 1. The molecule has 0 spiro atoms. The maximum atomic E-state index is 12.7. The third kappa shape index (κ3) is 6.67. The van der Waals surface area contributed by atoms with E-state index in [2.05, 4.69) is 30.7 Å². The SMILES string of the molecule is CCC(=O)c1cnc(Nc2ccc(OC(CO)COC)cn2)cc1Nc1cccc(-c2ncn(C)n2)c1OC. The maximum Gasteiger partial charge on any atom is 0.184 e. The lowest BCUT2D eigenvalue weighted by molar-refractivity contribution is 0.0411. The molecule has 0 saturated carbocycles. The van der Waals surface area contributed by atoms with Gasteiger partial charge in [0.1, 0.15) is 29.8 Å². The summed E-state index contributed by atoms with van der Waals surface area (Å²) in [4.78, 5) is 25.8. The highest BCUT2D eigenvalue weighted by molar-refractivity contribution is 6.02. The third-order valence-corrected chi connectivity index (χ3v) is 5.71. The number of benzene rings is 1. The van der Waals surface area contributed by atoms with Gasteiger partial charge in [-0.3, -0.25) is 9.48 Å². The molecule has 0 saturated heterocycles. The first-order valence-corrected chi connectivity index (χ1v) is 12.3. The number of nitrogens with one attached hydrogen (secondary N) is 2. The van der Waals surface area contributed by atoms with E-state index >= 15 is 0 Å². The zero-order valence-corrected chi connectivity index (χ0v) is 22.2. The molecule has 1 aromatic carbocycles. The van der Waals surface area contributed by atoms with Crippen LogP contribution in [0.1, 0.15) is 23.7 Å². The third-order valence-electron chi connectivity index (χ3n) is 5.71. The molecule has 0 radical (unpaired) electrons. The molecule has 204 valence electrons. The van der Waals surface area contributed by atoms with Crippen molar-refractivity contribution in [2.75, 3.05) is 38.1 Å². The highest BCUT2D eigenvalue weighted by Gasteiger charge is 2.18. The lowest BCUT2D eigenvalue weighted by Crippen LogP contribution is -2.26. The summed E-state index contributed by atoms with van der Waals surface area (Å²) in [6.45, 7) is 1.88. The van der Waals surface area contributed by atoms with Crippen LogP contribution in [-0.2, 0) is 11.8 Å². The summed E-state index contributed by atoms with van der Waals surface area (Å²) >= 11 is 0. The smallest absolute Gasteiger partial charge is 0.184 e. The molecule has 3 aromatic heterocycles. The number of aromatic nitrogens is 5. The van der Waals surface area contributed by atoms with Gasteiger partial charge in [0.15, 0.2) is 17.4 Å².